The van der Waals surface area contributed by atoms with E-state index in [1.165, 1.54) is 0 Å². The lowest BCUT2D eigenvalue weighted by Crippen LogP contribution is -2.51. The molecule has 0 radical (unpaired) electrons. The second-order valence-corrected chi connectivity index (χ2v) is 6.45. The van der Waals surface area contributed by atoms with Crippen LogP contribution >= 0.6 is 11.3 Å². The highest BCUT2D eigenvalue weighted by Crippen LogP contribution is 2.25. The summed E-state index contributed by atoms with van der Waals surface area (Å²) in [4.78, 5) is 16.6. The van der Waals surface area contributed by atoms with Gasteiger partial charge >= 0.3 is 6.03 Å². The molecule has 0 saturated carbocycles. The quantitative estimate of drug-likeness (QED) is 0.753. The maximum Gasteiger partial charge on any atom is 0.319 e. The number of aliphatic hydroxyl groups is 1. The van der Waals surface area contributed by atoms with Crippen molar-refractivity contribution in [3.63, 3.8) is 0 Å². The Labute approximate surface area is 140 Å². The topological polar surface area (TPSA) is 74.2 Å². The van der Waals surface area contributed by atoms with Gasteiger partial charge < -0.3 is 15.7 Å². The Hall–Kier alpha value is -1.92. The van der Waals surface area contributed by atoms with Crippen LogP contribution in [0.25, 0.3) is 10.6 Å². The Kier molecular flexibility index (Phi) is 5.74. The Morgan fingerprint density at radius 2 is 1.91 bits per heavy atom. The minimum Gasteiger partial charge on any atom is -0.394 e. The molecular formula is C17H23N3O2S. The van der Waals surface area contributed by atoms with Gasteiger partial charge in [0, 0.05) is 22.3 Å². The average molecular weight is 333 g/mol. The number of anilines is 1. The number of aliphatic hydroxyl groups excluding tert-OH is 1. The maximum atomic E-state index is 12.1. The number of hydrogen-bond donors (Lipinski definition) is 3. The van der Waals surface area contributed by atoms with E-state index in [1.807, 2.05) is 50.4 Å². The fraction of sp³-hybridized carbons (Fsp3) is 0.412. The van der Waals surface area contributed by atoms with E-state index >= 15 is 0 Å². The van der Waals surface area contributed by atoms with Gasteiger partial charge in [-0.2, -0.15) is 0 Å². The monoisotopic (exact) mass is 333 g/mol. The molecule has 0 aliphatic rings. The highest BCUT2D eigenvalue weighted by molar-refractivity contribution is 7.13. The predicted octanol–water partition coefficient (Wildman–Crippen LogP) is 3.79. The van der Waals surface area contributed by atoms with Crippen molar-refractivity contribution in [2.75, 3.05) is 11.9 Å². The van der Waals surface area contributed by atoms with Crippen LogP contribution in [-0.2, 0) is 0 Å². The molecule has 0 bridgehead atoms. The zero-order valence-corrected chi connectivity index (χ0v) is 14.5. The first-order valence-electron chi connectivity index (χ1n) is 7.74. The summed E-state index contributed by atoms with van der Waals surface area (Å²) in [6, 6.07) is 7.27. The van der Waals surface area contributed by atoms with Gasteiger partial charge in [0.25, 0.3) is 0 Å². The van der Waals surface area contributed by atoms with Crippen molar-refractivity contribution in [2.45, 2.75) is 39.2 Å². The third kappa shape index (κ3) is 4.30. The highest BCUT2D eigenvalue weighted by atomic mass is 32.1. The number of amides is 2. The second-order valence-electron chi connectivity index (χ2n) is 5.60. The van der Waals surface area contributed by atoms with Gasteiger partial charge in [-0.3, -0.25) is 0 Å². The number of nitrogens with one attached hydrogen (secondary N) is 2. The number of aromatic nitrogens is 1. The van der Waals surface area contributed by atoms with Crippen molar-refractivity contribution < 1.29 is 9.90 Å². The summed E-state index contributed by atoms with van der Waals surface area (Å²) < 4.78 is 0. The molecule has 1 aromatic carbocycles. The number of carbonyl (C=O) groups is 1. The van der Waals surface area contributed by atoms with Crippen molar-refractivity contribution in [2.24, 2.45) is 0 Å². The van der Waals surface area contributed by atoms with E-state index in [0.29, 0.717) is 18.5 Å². The number of rotatable bonds is 6. The van der Waals surface area contributed by atoms with E-state index in [1.54, 1.807) is 11.3 Å². The van der Waals surface area contributed by atoms with Gasteiger partial charge in [0.05, 0.1) is 12.1 Å². The van der Waals surface area contributed by atoms with E-state index in [2.05, 4.69) is 15.6 Å². The Bertz CT molecular complexity index is 640. The van der Waals surface area contributed by atoms with E-state index in [0.717, 1.165) is 16.3 Å². The molecule has 0 spiro atoms. The summed E-state index contributed by atoms with van der Waals surface area (Å²) in [6.45, 7) is 5.79. The first-order chi connectivity index (χ1) is 11.0. The number of benzene rings is 1. The molecule has 0 aliphatic carbocycles. The highest BCUT2D eigenvalue weighted by Gasteiger charge is 2.27. The third-order valence-electron chi connectivity index (χ3n) is 4.04. The molecule has 3 N–H and O–H groups in total. The van der Waals surface area contributed by atoms with Gasteiger partial charge in [-0.25, -0.2) is 9.78 Å². The molecule has 0 atom stereocenters. The van der Waals surface area contributed by atoms with Gasteiger partial charge in [0.1, 0.15) is 5.01 Å². The zero-order chi connectivity index (χ0) is 16.9. The molecular weight excluding hydrogens is 310 g/mol. The SMILES string of the molecule is CCC(CC)(CO)NC(=O)Nc1ccc(-c2nc(C)cs2)cc1. The molecule has 0 aliphatic heterocycles. The molecule has 1 heterocycles. The lowest BCUT2D eigenvalue weighted by Gasteiger charge is -2.30. The van der Waals surface area contributed by atoms with Crippen molar-refractivity contribution in [1.29, 1.82) is 0 Å². The number of aryl methyl sites for hydroxylation is 1. The summed E-state index contributed by atoms with van der Waals surface area (Å²) in [7, 11) is 0. The number of nitrogens with zero attached hydrogens (tertiary/aromatic N) is 1. The predicted molar refractivity (Wildman–Crippen MR) is 94.8 cm³/mol. The standard InChI is InChI=1S/C17H23N3O2S/c1-4-17(5-2,11-21)20-16(22)19-14-8-6-13(7-9-14)15-18-12(3)10-23-15/h6-10,21H,4-5,11H2,1-3H3,(H2,19,20,22). The molecule has 0 unspecified atom stereocenters. The number of carbonyl (C=O) groups excluding carboxylic acids is 1. The molecule has 2 rings (SSSR count). The molecule has 1 aromatic heterocycles. The number of urea groups is 1. The van der Waals surface area contributed by atoms with Crippen molar-refractivity contribution in [3.8, 4) is 10.6 Å². The number of thiazole rings is 1. The van der Waals surface area contributed by atoms with Gasteiger partial charge in [0.15, 0.2) is 0 Å². The van der Waals surface area contributed by atoms with Crippen LogP contribution in [0.15, 0.2) is 29.6 Å². The van der Waals surface area contributed by atoms with Crippen molar-refractivity contribution >= 4 is 23.1 Å². The first kappa shape index (κ1) is 17.4. The fourth-order valence-corrected chi connectivity index (χ4v) is 3.08. The molecule has 0 fully saturated rings. The van der Waals surface area contributed by atoms with E-state index < -0.39 is 5.54 Å². The summed E-state index contributed by atoms with van der Waals surface area (Å²) in [6.07, 6.45) is 1.35. The third-order valence-corrected chi connectivity index (χ3v) is 5.05. The van der Waals surface area contributed by atoms with E-state index in [4.69, 9.17) is 0 Å². The lowest BCUT2D eigenvalue weighted by molar-refractivity contribution is 0.155. The fourth-order valence-electron chi connectivity index (χ4n) is 2.28. The summed E-state index contributed by atoms with van der Waals surface area (Å²) in [5.74, 6) is 0. The van der Waals surface area contributed by atoms with Crippen LogP contribution in [0.3, 0.4) is 0 Å². The normalized spacial score (nSPS) is 11.3. The van der Waals surface area contributed by atoms with Gasteiger partial charge in [-0.15, -0.1) is 11.3 Å². The van der Waals surface area contributed by atoms with Gasteiger partial charge in [-0.05, 0) is 44.0 Å². The van der Waals surface area contributed by atoms with Crippen LogP contribution in [0.1, 0.15) is 32.4 Å². The maximum absolute atomic E-state index is 12.1. The van der Waals surface area contributed by atoms with Crippen LogP contribution in [-0.4, -0.2) is 28.3 Å². The van der Waals surface area contributed by atoms with Crippen LogP contribution in [0, 0.1) is 6.92 Å². The smallest absolute Gasteiger partial charge is 0.319 e. The van der Waals surface area contributed by atoms with Crippen molar-refractivity contribution in [3.05, 3.63) is 35.3 Å². The first-order valence-corrected chi connectivity index (χ1v) is 8.62. The van der Waals surface area contributed by atoms with Crippen molar-refractivity contribution in [1.82, 2.24) is 10.3 Å². The molecule has 0 saturated heterocycles. The molecule has 2 amide bonds. The molecule has 2 aromatic rings. The van der Waals surface area contributed by atoms with Crippen LogP contribution < -0.4 is 10.6 Å². The second kappa shape index (κ2) is 7.57. The number of hydrogen-bond acceptors (Lipinski definition) is 4. The molecule has 5 nitrogen and oxygen atoms in total. The van der Waals surface area contributed by atoms with Crippen LogP contribution in [0.2, 0.25) is 0 Å². The van der Waals surface area contributed by atoms with E-state index in [-0.39, 0.29) is 12.6 Å². The minimum absolute atomic E-state index is 0.0737. The Morgan fingerprint density at radius 1 is 1.26 bits per heavy atom. The Balaban J connectivity index is 2.02. The Morgan fingerprint density at radius 3 is 2.39 bits per heavy atom. The minimum atomic E-state index is -0.567. The molecule has 23 heavy (non-hydrogen) atoms. The summed E-state index contributed by atoms with van der Waals surface area (Å²) in [5.41, 5.74) is 2.17. The van der Waals surface area contributed by atoms with Crippen LogP contribution in [0.5, 0.6) is 0 Å². The zero-order valence-electron chi connectivity index (χ0n) is 13.7. The average Bonchev–Trinajstić information content (AvgIpc) is 3.00. The lowest BCUT2D eigenvalue weighted by atomic mass is 9.94. The molecule has 124 valence electrons. The molecule has 6 heteroatoms. The largest absolute Gasteiger partial charge is 0.394 e. The van der Waals surface area contributed by atoms with Gasteiger partial charge in [0.2, 0.25) is 0 Å². The summed E-state index contributed by atoms with van der Waals surface area (Å²) >= 11 is 1.60. The van der Waals surface area contributed by atoms with Gasteiger partial charge in [-0.1, -0.05) is 13.8 Å². The summed E-state index contributed by atoms with van der Waals surface area (Å²) in [5, 5.41) is 18.2. The van der Waals surface area contributed by atoms with E-state index in [9.17, 15) is 9.90 Å². The van der Waals surface area contributed by atoms with Crippen LogP contribution in [0.4, 0.5) is 10.5 Å².